The third kappa shape index (κ3) is 4.43. The normalized spacial score (nSPS) is 11.7. The molecule has 1 rings (SSSR count). The number of hydrogen-bond acceptors (Lipinski definition) is 4. The van der Waals surface area contributed by atoms with Gasteiger partial charge in [-0.25, -0.2) is 4.79 Å². The smallest absolute Gasteiger partial charge is 0.326 e. The first-order valence-corrected chi connectivity index (χ1v) is 7.11. The van der Waals surface area contributed by atoms with Crippen LogP contribution in [0.1, 0.15) is 16.8 Å². The maximum atomic E-state index is 12.0. The quantitative estimate of drug-likeness (QED) is 0.681. The van der Waals surface area contributed by atoms with Gasteiger partial charge in [0.05, 0.1) is 17.0 Å². The number of nitrogens with one attached hydrogen (secondary N) is 1. The van der Waals surface area contributed by atoms with E-state index in [1.807, 2.05) is 6.26 Å². The Morgan fingerprint density at radius 3 is 2.60 bits per heavy atom. The minimum atomic E-state index is -1.38. The molecular formula is C12H13ClN2O4S. The highest BCUT2D eigenvalue weighted by atomic mass is 35.5. The Morgan fingerprint density at radius 1 is 1.45 bits per heavy atom. The molecule has 0 aliphatic carbocycles. The molecule has 1 aromatic rings. The van der Waals surface area contributed by atoms with E-state index in [9.17, 15) is 14.4 Å². The van der Waals surface area contributed by atoms with Crippen molar-refractivity contribution in [2.24, 2.45) is 5.73 Å². The highest BCUT2D eigenvalue weighted by molar-refractivity contribution is 7.98. The minimum absolute atomic E-state index is 0.147. The second kappa shape index (κ2) is 7.16. The highest BCUT2D eigenvalue weighted by Crippen LogP contribution is 2.23. The van der Waals surface area contributed by atoms with Crippen molar-refractivity contribution < 1.29 is 19.5 Å². The van der Waals surface area contributed by atoms with Gasteiger partial charge in [-0.2, -0.15) is 0 Å². The Labute approximate surface area is 124 Å². The summed E-state index contributed by atoms with van der Waals surface area (Å²) in [6.07, 6.45) is 1.35. The number of halogens is 1. The Balaban J connectivity index is 2.94. The van der Waals surface area contributed by atoms with E-state index in [0.29, 0.717) is 0 Å². The van der Waals surface area contributed by atoms with Crippen molar-refractivity contribution in [1.82, 2.24) is 5.32 Å². The van der Waals surface area contributed by atoms with Crippen LogP contribution in [0, 0.1) is 0 Å². The molecule has 0 fully saturated rings. The van der Waals surface area contributed by atoms with Gasteiger partial charge in [0.1, 0.15) is 6.04 Å². The second-order valence-electron chi connectivity index (χ2n) is 3.88. The fraction of sp³-hybridized carbons (Fsp3) is 0.250. The number of amides is 2. The number of carboxylic acids is 1. The minimum Gasteiger partial charge on any atom is -0.480 e. The van der Waals surface area contributed by atoms with Crippen LogP contribution in [0.4, 0.5) is 0 Å². The van der Waals surface area contributed by atoms with Gasteiger partial charge in [-0.1, -0.05) is 11.6 Å². The summed E-state index contributed by atoms with van der Waals surface area (Å²) < 4.78 is 0. The number of nitrogens with two attached hydrogens (primary N) is 1. The van der Waals surface area contributed by atoms with Crippen LogP contribution in [0.2, 0.25) is 5.02 Å². The molecule has 0 saturated carbocycles. The predicted octanol–water partition coefficient (Wildman–Crippen LogP) is 1.12. The molecule has 0 aliphatic rings. The number of hydrogen-bond donors (Lipinski definition) is 3. The van der Waals surface area contributed by atoms with Crippen molar-refractivity contribution >= 4 is 41.1 Å². The van der Waals surface area contributed by atoms with Crippen molar-refractivity contribution in [3.8, 4) is 0 Å². The molecule has 0 aliphatic heterocycles. The van der Waals surface area contributed by atoms with E-state index in [4.69, 9.17) is 22.4 Å². The summed E-state index contributed by atoms with van der Waals surface area (Å²) in [5.41, 5.74) is 5.09. The first-order valence-electron chi connectivity index (χ1n) is 5.50. The van der Waals surface area contributed by atoms with Crippen LogP contribution in [0.5, 0.6) is 0 Å². The summed E-state index contributed by atoms with van der Waals surface area (Å²) in [4.78, 5) is 34.5. The van der Waals surface area contributed by atoms with Gasteiger partial charge in [0, 0.05) is 4.90 Å². The molecular weight excluding hydrogens is 304 g/mol. The summed E-state index contributed by atoms with van der Waals surface area (Å²) in [6.45, 7) is 0. The molecule has 20 heavy (non-hydrogen) atoms. The van der Waals surface area contributed by atoms with Gasteiger partial charge in [0.2, 0.25) is 5.91 Å². The molecule has 1 atom stereocenters. The van der Waals surface area contributed by atoms with Gasteiger partial charge in [0.25, 0.3) is 5.91 Å². The molecule has 6 nitrogen and oxygen atoms in total. The van der Waals surface area contributed by atoms with Crippen LogP contribution in [-0.4, -0.2) is 35.2 Å². The van der Waals surface area contributed by atoms with Gasteiger partial charge in [-0.15, -0.1) is 11.8 Å². The lowest BCUT2D eigenvalue weighted by molar-refractivity contribution is -0.140. The molecule has 0 aromatic heterocycles. The number of thioether (sulfide) groups is 1. The fourth-order valence-corrected chi connectivity index (χ4v) is 2.09. The van der Waals surface area contributed by atoms with E-state index in [0.717, 1.165) is 4.90 Å². The number of aliphatic carboxylic acids is 1. The molecule has 0 bridgehead atoms. The topological polar surface area (TPSA) is 109 Å². The lowest BCUT2D eigenvalue weighted by Crippen LogP contribution is -2.43. The number of benzene rings is 1. The second-order valence-corrected chi connectivity index (χ2v) is 5.17. The number of carboxylic acid groups (broad SMARTS) is 1. The number of primary amides is 1. The van der Waals surface area contributed by atoms with E-state index < -0.39 is 30.2 Å². The largest absolute Gasteiger partial charge is 0.480 e. The molecule has 8 heteroatoms. The third-order valence-electron chi connectivity index (χ3n) is 2.43. The lowest BCUT2D eigenvalue weighted by atomic mass is 10.1. The van der Waals surface area contributed by atoms with Crippen LogP contribution >= 0.6 is 23.4 Å². The first kappa shape index (κ1) is 16.3. The summed E-state index contributed by atoms with van der Waals surface area (Å²) in [5.74, 6) is -2.82. The standard InChI is InChI=1S/C12H13ClN2O4S/c1-20-6-2-3-8(13)7(4-6)11(17)15-9(12(18)19)5-10(14)16/h2-4,9H,5H2,1H3,(H2,14,16)(H,15,17)(H,18,19)/t9-/m0/s1. The first-order chi connectivity index (χ1) is 9.35. The van der Waals surface area contributed by atoms with Crippen molar-refractivity contribution in [1.29, 1.82) is 0 Å². The number of carbonyl (C=O) groups is 3. The van der Waals surface area contributed by atoms with E-state index in [1.165, 1.54) is 11.8 Å². The third-order valence-corrected chi connectivity index (χ3v) is 3.48. The zero-order valence-corrected chi connectivity index (χ0v) is 12.1. The van der Waals surface area contributed by atoms with E-state index in [2.05, 4.69) is 5.32 Å². The molecule has 108 valence electrons. The van der Waals surface area contributed by atoms with Crippen molar-refractivity contribution in [2.45, 2.75) is 17.4 Å². The monoisotopic (exact) mass is 316 g/mol. The maximum absolute atomic E-state index is 12.0. The van der Waals surface area contributed by atoms with Crippen LogP contribution in [0.25, 0.3) is 0 Å². The maximum Gasteiger partial charge on any atom is 0.326 e. The molecule has 4 N–H and O–H groups in total. The van der Waals surface area contributed by atoms with Crippen LogP contribution in [-0.2, 0) is 9.59 Å². The zero-order valence-electron chi connectivity index (χ0n) is 10.6. The molecule has 0 spiro atoms. The average molecular weight is 317 g/mol. The molecule has 0 radical (unpaired) electrons. The Kier molecular flexibility index (Phi) is 5.84. The SMILES string of the molecule is CSc1ccc(Cl)c(C(=O)N[C@@H](CC(N)=O)C(=O)O)c1. The van der Waals surface area contributed by atoms with Crippen LogP contribution in [0.3, 0.4) is 0 Å². The van der Waals surface area contributed by atoms with Crippen molar-refractivity contribution in [3.63, 3.8) is 0 Å². The van der Waals surface area contributed by atoms with Gasteiger partial charge >= 0.3 is 5.97 Å². The highest BCUT2D eigenvalue weighted by Gasteiger charge is 2.23. The molecule has 0 heterocycles. The average Bonchev–Trinajstić information content (AvgIpc) is 2.37. The van der Waals surface area contributed by atoms with E-state index >= 15 is 0 Å². The van der Waals surface area contributed by atoms with E-state index in [-0.39, 0.29) is 10.6 Å². The van der Waals surface area contributed by atoms with Gasteiger partial charge in [-0.05, 0) is 24.5 Å². The van der Waals surface area contributed by atoms with Crippen LogP contribution in [0.15, 0.2) is 23.1 Å². The summed E-state index contributed by atoms with van der Waals surface area (Å²) in [7, 11) is 0. The molecule has 0 saturated heterocycles. The Morgan fingerprint density at radius 2 is 2.10 bits per heavy atom. The predicted molar refractivity (Wildman–Crippen MR) is 75.9 cm³/mol. The van der Waals surface area contributed by atoms with E-state index in [1.54, 1.807) is 18.2 Å². The van der Waals surface area contributed by atoms with Gasteiger partial charge in [-0.3, -0.25) is 9.59 Å². The van der Waals surface area contributed by atoms with Gasteiger partial charge < -0.3 is 16.2 Å². The lowest BCUT2D eigenvalue weighted by Gasteiger charge is -2.14. The molecule has 1 aromatic carbocycles. The van der Waals surface area contributed by atoms with Crippen molar-refractivity contribution in [2.75, 3.05) is 6.26 Å². The molecule has 0 unspecified atom stereocenters. The van der Waals surface area contributed by atoms with Crippen LogP contribution < -0.4 is 11.1 Å². The number of rotatable bonds is 6. The Hall–Kier alpha value is -1.73. The summed E-state index contributed by atoms with van der Waals surface area (Å²) in [5, 5.41) is 11.3. The zero-order chi connectivity index (χ0) is 15.3. The van der Waals surface area contributed by atoms with Gasteiger partial charge in [0.15, 0.2) is 0 Å². The van der Waals surface area contributed by atoms with Crippen molar-refractivity contribution in [3.05, 3.63) is 28.8 Å². The fourth-order valence-electron chi connectivity index (χ4n) is 1.44. The summed E-state index contributed by atoms with van der Waals surface area (Å²) >= 11 is 7.32. The summed E-state index contributed by atoms with van der Waals surface area (Å²) in [6, 6.07) is 3.45. The number of carbonyl (C=O) groups excluding carboxylic acids is 2. The Bertz CT molecular complexity index is 550. The molecule has 2 amide bonds.